The van der Waals surface area contributed by atoms with E-state index >= 15 is 0 Å². The molecule has 0 fully saturated rings. The van der Waals surface area contributed by atoms with E-state index in [1.54, 1.807) is 35.2 Å². The van der Waals surface area contributed by atoms with Crippen LogP contribution in [0.15, 0.2) is 42.5 Å². The first-order valence-electron chi connectivity index (χ1n) is 6.50. The number of Topliss-reactive ketones (excluding diaryl/α,β-unsaturated/α-hetero) is 1. The second-order valence-corrected chi connectivity index (χ2v) is 5.39. The zero-order valence-corrected chi connectivity index (χ0v) is 13.0. The number of rotatable bonds is 5. The van der Waals surface area contributed by atoms with Crippen molar-refractivity contribution in [3.63, 3.8) is 0 Å². The highest BCUT2D eigenvalue weighted by Crippen LogP contribution is 2.22. The summed E-state index contributed by atoms with van der Waals surface area (Å²) in [6.45, 7) is 2.59. The van der Waals surface area contributed by atoms with Crippen LogP contribution in [0, 0.1) is 5.82 Å². The van der Waals surface area contributed by atoms with Crippen LogP contribution in [0.25, 0.3) is 0 Å². The van der Waals surface area contributed by atoms with Crippen LogP contribution in [0.3, 0.4) is 0 Å². The summed E-state index contributed by atoms with van der Waals surface area (Å²) in [5, 5.41) is 0.816. The largest absolute Gasteiger partial charge is 0.364 e. The standard InChI is InChI=1S/C16H14Cl2FNO/c1-2-20(13-5-3-4-12(19)9-13)10-16(21)14-8-11(17)6-7-15(14)18/h3-9H,2,10H2,1H3. The molecule has 21 heavy (non-hydrogen) atoms. The minimum absolute atomic E-state index is 0.111. The van der Waals surface area contributed by atoms with Gasteiger partial charge in [0.1, 0.15) is 5.82 Å². The summed E-state index contributed by atoms with van der Waals surface area (Å²) in [5.41, 5.74) is 1.03. The Labute approximate surface area is 133 Å². The van der Waals surface area contributed by atoms with Crippen molar-refractivity contribution in [3.8, 4) is 0 Å². The van der Waals surface area contributed by atoms with Crippen molar-refractivity contribution in [1.29, 1.82) is 0 Å². The first-order valence-corrected chi connectivity index (χ1v) is 7.25. The molecule has 0 aliphatic heterocycles. The Morgan fingerprint density at radius 2 is 1.95 bits per heavy atom. The van der Waals surface area contributed by atoms with Gasteiger partial charge in [-0.1, -0.05) is 29.3 Å². The van der Waals surface area contributed by atoms with E-state index < -0.39 is 0 Å². The quantitative estimate of drug-likeness (QED) is 0.733. The van der Waals surface area contributed by atoms with Crippen molar-refractivity contribution in [1.82, 2.24) is 0 Å². The average molecular weight is 326 g/mol. The summed E-state index contributed by atoms with van der Waals surface area (Å²) >= 11 is 11.9. The van der Waals surface area contributed by atoms with Crippen LogP contribution in [0.2, 0.25) is 10.0 Å². The highest BCUT2D eigenvalue weighted by Gasteiger charge is 2.15. The lowest BCUT2D eigenvalue weighted by Crippen LogP contribution is -2.29. The number of halogens is 3. The number of likely N-dealkylation sites (N-methyl/N-ethyl adjacent to an activating group) is 1. The minimum atomic E-state index is -0.334. The smallest absolute Gasteiger partial charge is 0.183 e. The van der Waals surface area contributed by atoms with Crippen LogP contribution in [-0.4, -0.2) is 18.9 Å². The lowest BCUT2D eigenvalue weighted by Gasteiger charge is -2.22. The van der Waals surface area contributed by atoms with Gasteiger partial charge in [-0.2, -0.15) is 0 Å². The van der Waals surface area contributed by atoms with E-state index in [0.29, 0.717) is 27.8 Å². The van der Waals surface area contributed by atoms with Crippen LogP contribution in [0.5, 0.6) is 0 Å². The van der Waals surface area contributed by atoms with Crippen LogP contribution >= 0.6 is 23.2 Å². The molecule has 0 bridgehead atoms. The van der Waals surface area contributed by atoms with Crippen molar-refractivity contribution in [2.75, 3.05) is 18.0 Å². The van der Waals surface area contributed by atoms with Gasteiger partial charge in [0.15, 0.2) is 5.78 Å². The molecule has 0 aliphatic rings. The molecule has 2 aromatic rings. The van der Waals surface area contributed by atoms with Gasteiger partial charge in [-0.15, -0.1) is 0 Å². The molecule has 0 amide bonds. The predicted molar refractivity (Wildman–Crippen MR) is 85.1 cm³/mol. The van der Waals surface area contributed by atoms with Crippen molar-refractivity contribution in [3.05, 3.63) is 63.9 Å². The highest BCUT2D eigenvalue weighted by molar-refractivity contribution is 6.36. The van der Waals surface area contributed by atoms with Crippen molar-refractivity contribution >= 4 is 34.7 Å². The molecule has 0 N–H and O–H groups in total. The maximum atomic E-state index is 13.3. The van der Waals surface area contributed by atoms with E-state index in [-0.39, 0.29) is 18.1 Å². The maximum absolute atomic E-state index is 13.3. The van der Waals surface area contributed by atoms with Gasteiger partial charge in [0.2, 0.25) is 0 Å². The van der Waals surface area contributed by atoms with Gasteiger partial charge in [-0.05, 0) is 43.3 Å². The van der Waals surface area contributed by atoms with Crippen molar-refractivity contribution < 1.29 is 9.18 Å². The number of carbonyl (C=O) groups excluding carboxylic acids is 1. The second kappa shape index (κ2) is 6.92. The molecular weight excluding hydrogens is 312 g/mol. The van der Waals surface area contributed by atoms with Crippen molar-refractivity contribution in [2.24, 2.45) is 0 Å². The van der Waals surface area contributed by atoms with Gasteiger partial charge in [0.05, 0.1) is 11.6 Å². The first kappa shape index (κ1) is 15.8. The number of carbonyl (C=O) groups is 1. The zero-order valence-electron chi connectivity index (χ0n) is 11.4. The fourth-order valence-electron chi connectivity index (χ4n) is 2.03. The summed E-state index contributed by atoms with van der Waals surface area (Å²) in [5.74, 6) is -0.493. The Kier molecular flexibility index (Phi) is 5.21. The normalized spacial score (nSPS) is 10.5. The molecule has 5 heteroatoms. The molecule has 0 aromatic heterocycles. The lowest BCUT2D eigenvalue weighted by molar-refractivity contribution is 0.0999. The molecule has 0 radical (unpaired) electrons. The van der Waals surface area contributed by atoms with Crippen molar-refractivity contribution in [2.45, 2.75) is 6.92 Å². The van der Waals surface area contributed by atoms with Gasteiger partial charge in [0.25, 0.3) is 0 Å². The summed E-state index contributed by atoms with van der Waals surface area (Å²) in [6.07, 6.45) is 0. The molecule has 0 saturated carbocycles. The van der Waals surface area contributed by atoms with E-state index in [1.807, 2.05) is 6.92 Å². The monoisotopic (exact) mass is 325 g/mol. The van der Waals surface area contributed by atoms with Gasteiger partial charge < -0.3 is 4.90 Å². The van der Waals surface area contributed by atoms with Gasteiger partial charge in [-0.3, -0.25) is 4.79 Å². The van der Waals surface area contributed by atoms with Gasteiger partial charge in [0, 0.05) is 22.8 Å². The minimum Gasteiger partial charge on any atom is -0.364 e. The molecule has 2 rings (SSSR count). The van der Waals surface area contributed by atoms with E-state index in [2.05, 4.69) is 0 Å². The number of hydrogen-bond donors (Lipinski definition) is 0. The molecule has 0 atom stereocenters. The van der Waals surface area contributed by atoms with Crippen LogP contribution < -0.4 is 4.90 Å². The van der Waals surface area contributed by atoms with Crippen LogP contribution in [0.1, 0.15) is 17.3 Å². The number of ketones is 1. The van der Waals surface area contributed by atoms with Gasteiger partial charge >= 0.3 is 0 Å². The summed E-state index contributed by atoms with van der Waals surface area (Å²) in [6, 6.07) is 10.9. The van der Waals surface area contributed by atoms with E-state index in [1.165, 1.54) is 12.1 Å². The third kappa shape index (κ3) is 3.96. The Morgan fingerprint density at radius 1 is 1.19 bits per heavy atom. The van der Waals surface area contributed by atoms with E-state index in [9.17, 15) is 9.18 Å². The third-order valence-electron chi connectivity index (χ3n) is 3.12. The molecule has 0 heterocycles. The molecular formula is C16H14Cl2FNO. The van der Waals surface area contributed by atoms with Crippen LogP contribution in [-0.2, 0) is 0 Å². The fraction of sp³-hybridized carbons (Fsp3) is 0.188. The summed E-state index contributed by atoms with van der Waals surface area (Å²) in [4.78, 5) is 14.1. The Balaban J connectivity index is 2.22. The summed E-state index contributed by atoms with van der Waals surface area (Å²) < 4.78 is 13.3. The fourth-order valence-corrected chi connectivity index (χ4v) is 2.42. The molecule has 2 nitrogen and oxygen atoms in total. The van der Waals surface area contributed by atoms with Crippen LogP contribution in [0.4, 0.5) is 10.1 Å². The Hall–Kier alpha value is -1.58. The predicted octanol–water partition coefficient (Wildman–Crippen LogP) is 4.84. The second-order valence-electron chi connectivity index (χ2n) is 4.54. The highest BCUT2D eigenvalue weighted by atomic mass is 35.5. The Bertz CT molecular complexity index is 660. The third-order valence-corrected chi connectivity index (χ3v) is 3.68. The summed E-state index contributed by atoms with van der Waals surface area (Å²) in [7, 11) is 0. The maximum Gasteiger partial charge on any atom is 0.183 e. The zero-order chi connectivity index (χ0) is 15.4. The first-order chi connectivity index (χ1) is 10.0. The molecule has 0 aliphatic carbocycles. The van der Waals surface area contributed by atoms with E-state index in [4.69, 9.17) is 23.2 Å². The topological polar surface area (TPSA) is 20.3 Å². The molecule has 0 unspecified atom stereocenters. The molecule has 0 spiro atoms. The molecule has 2 aromatic carbocycles. The number of benzene rings is 2. The average Bonchev–Trinajstić information content (AvgIpc) is 2.47. The molecule has 110 valence electrons. The SMILES string of the molecule is CCN(CC(=O)c1cc(Cl)ccc1Cl)c1cccc(F)c1. The number of anilines is 1. The number of hydrogen-bond acceptors (Lipinski definition) is 2. The van der Waals surface area contributed by atoms with Gasteiger partial charge in [-0.25, -0.2) is 4.39 Å². The molecule has 0 saturated heterocycles. The Morgan fingerprint density at radius 3 is 2.62 bits per heavy atom. The lowest BCUT2D eigenvalue weighted by atomic mass is 10.1. The van der Waals surface area contributed by atoms with E-state index in [0.717, 1.165) is 0 Å². The number of nitrogens with zero attached hydrogens (tertiary/aromatic N) is 1.